The molecule has 0 aromatic rings. The molecule has 10 heavy (non-hydrogen) atoms. The van der Waals surface area contributed by atoms with Gasteiger partial charge in [-0.15, -0.1) is 13.2 Å². The lowest BCUT2D eigenvalue weighted by Crippen LogP contribution is -2.13. The summed E-state index contributed by atoms with van der Waals surface area (Å²) in [5.41, 5.74) is 0.349. The number of allylic oxidation sites excluding steroid dienone is 2. The lowest BCUT2D eigenvalue weighted by atomic mass is 9.82. The first-order chi connectivity index (χ1) is 4.73. The van der Waals surface area contributed by atoms with Gasteiger partial charge in [0.15, 0.2) is 0 Å². The van der Waals surface area contributed by atoms with Gasteiger partial charge in [-0.2, -0.15) is 0 Å². The highest BCUT2D eigenvalue weighted by atomic mass is 14.4. The summed E-state index contributed by atoms with van der Waals surface area (Å²) < 4.78 is 0. The molecule has 0 aliphatic heterocycles. The van der Waals surface area contributed by atoms with Crippen molar-refractivity contribution >= 4 is 0 Å². The van der Waals surface area contributed by atoms with Gasteiger partial charge in [0.2, 0.25) is 0 Å². The van der Waals surface area contributed by atoms with Crippen LogP contribution in [0, 0.1) is 11.3 Å². The molecule has 0 N–H and O–H groups in total. The highest BCUT2D eigenvalue weighted by Gasteiger charge is 2.37. The topological polar surface area (TPSA) is 0 Å². The van der Waals surface area contributed by atoms with E-state index in [1.165, 1.54) is 12.8 Å². The minimum atomic E-state index is 0.349. The molecule has 1 saturated carbocycles. The lowest BCUT2D eigenvalue weighted by Gasteiger charge is -2.23. The molecule has 0 amide bonds. The third kappa shape index (κ3) is 1.31. The molecule has 1 aliphatic rings. The van der Waals surface area contributed by atoms with Crippen molar-refractivity contribution in [2.75, 3.05) is 0 Å². The van der Waals surface area contributed by atoms with Gasteiger partial charge in [-0.05, 0) is 30.6 Å². The first-order valence-corrected chi connectivity index (χ1v) is 3.97. The third-order valence-corrected chi connectivity index (χ3v) is 2.56. The Kier molecular flexibility index (Phi) is 1.98. The molecule has 1 unspecified atom stereocenters. The number of hydrogen-bond acceptors (Lipinski definition) is 0. The Hall–Kier alpha value is -0.520. The van der Waals surface area contributed by atoms with Gasteiger partial charge in [-0.1, -0.05) is 19.1 Å². The smallest absolute Gasteiger partial charge is 0.00866 e. The van der Waals surface area contributed by atoms with E-state index in [1.807, 2.05) is 6.08 Å². The molecule has 1 atom stereocenters. The van der Waals surface area contributed by atoms with Gasteiger partial charge in [0.05, 0.1) is 0 Å². The predicted molar refractivity (Wildman–Crippen MR) is 45.8 cm³/mol. The van der Waals surface area contributed by atoms with Crippen molar-refractivity contribution in [3.8, 4) is 0 Å². The van der Waals surface area contributed by atoms with Crippen molar-refractivity contribution in [2.45, 2.75) is 26.2 Å². The van der Waals surface area contributed by atoms with Crippen molar-refractivity contribution in [1.82, 2.24) is 0 Å². The maximum atomic E-state index is 3.86. The molecule has 0 aromatic carbocycles. The van der Waals surface area contributed by atoms with Crippen LogP contribution in [0.2, 0.25) is 0 Å². The molecule has 0 radical (unpaired) electrons. The zero-order chi connectivity index (χ0) is 7.61. The Balaban J connectivity index is 2.55. The second-order valence-corrected chi connectivity index (χ2v) is 3.48. The van der Waals surface area contributed by atoms with Gasteiger partial charge in [0, 0.05) is 0 Å². The van der Waals surface area contributed by atoms with Crippen molar-refractivity contribution in [1.29, 1.82) is 0 Å². The quantitative estimate of drug-likeness (QED) is 0.521. The Morgan fingerprint density at radius 1 is 1.50 bits per heavy atom. The van der Waals surface area contributed by atoms with Crippen LogP contribution in [0.15, 0.2) is 25.3 Å². The summed E-state index contributed by atoms with van der Waals surface area (Å²) >= 11 is 0. The fraction of sp³-hybridized carbons (Fsp3) is 0.600. The van der Waals surface area contributed by atoms with Crippen molar-refractivity contribution in [3.05, 3.63) is 25.3 Å². The monoisotopic (exact) mass is 136 g/mol. The molecular formula is C10H16. The van der Waals surface area contributed by atoms with Crippen LogP contribution in [0.4, 0.5) is 0 Å². The normalized spacial score (nSPS) is 23.3. The van der Waals surface area contributed by atoms with Crippen LogP contribution in [0.1, 0.15) is 26.2 Å². The van der Waals surface area contributed by atoms with E-state index in [9.17, 15) is 0 Å². The number of rotatable bonds is 4. The van der Waals surface area contributed by atoms with Crippen molar-refractivity contribution in [3.63, 3.8) is 0 Å². The predicted octanol–water partition coefficient (Wildman–Crippen LogP) is 3.16. The summed E-state index contributed by atoms with van der Waals surface area (Å²) in [6, 6.07) is 0. The molecule has 0 saturated heterocycles. The Labute approximate surface area is 63.6 Å². The minimum absolute atomic E-state index is 0.349. The summed E-state index contributed by atoms with van der Waals surface area (Å²) in [5, 5.41) is 0. The van der Waals surface area contributed by atoms with Gasteiger partial charge in [-0.25, -0.2) is 0 Å². The van der Waals surface area contributed by atoms with E-state index in [1.54, 1.807) is 0 Å². The van der Waals surface area contributed by atoms with Crippen LogP contribution in [0.5, 0.6) is 0 Å². The maximum Gasteiger partial charge on any atom is -0.00866 e. The van der Waals surface area contributed by atoms with E-state index in [2.05, 4.69) is 26.2 Å². The van der Waals surface area contributed by atoms with Gasteiger partial charge in [-0.3, -0.25) is 0 Å². The average Bonchev–Trinajstić information content (AvgIpc) is 2.69. The molecular weight excluding hydrogens is 120 g/mol. The van der Waals surface area contributed by atoms with E-state index >= 15 is 0 Å². The molecule has 0 nitrogen and oxygen atoms in total. The van der Waals surface area contributed by atoms with Crippen LogP contribution < -0.4 is 0 Å². The Bertz CT molecular complexity index is 142. The summed E-state index contributed by atoms with van der Waals surface area (Å²) in [6.07, 6.45) is 7.94. The molecule has 0 aromatic heterocycles. The van der Waals surface area contributed by atoms with Crippen molar-refractivity contribution in [2.24, 2.45) is 11.3 Å². The fourth-order valence-corrected chi connectivity index (χ4v) is 1.47. The summed E-state index contributed by atoms with van der Waals surface area (Å²) in [4.78, 5) is 0. The molecule has 0 spiro atoms. The molecule has 1 fully saturated rings. The van der Waals surface area contributed by atoms with Crippen LogP contribution in [0.25, 0.3) is 0 Å². The van der Waals surface area contributed by atoms with E-state index in [-0.39, 0.29) is 0 Å². The van der Waals surface area contributed by atoms with Crippen LogP contribution in [-0.2, 0) is 0 Å². The molecule has 1 rings (SSSR count). The first kappa shape index (κ1) is 7.59. The van der Waals surface area contributed by atoms with E-state index in [0.717, 1.165) is 12.3 Å². The fourth-order valence-electron chi connectivity index (χ4n) is 1.47. The maximum absolute atomic E-state index is 3.86. The van der Waals surface area contributed by atoms with Crippen LogP contribution in [-0.4, -0.2) is 0 Å². The highest BCUT2D eigenvalue weighted by molar-refractivity contribution is 5.04. The van der Waals surface area contributed by atoms with E-state index < -0.39 is 0 Å². The number of hydrogen-bond donors (Lipinski definition) is 0. The van der Waals surface area contributed by atoms with E-state index in [4.69, 9.17) is 0 Å². The molecule has 56 valence electrons. The summed E-state index contributed by atoms with van der Waals surface area (Å²) in [5.74, 6) is 0.892. The standard InChI is InChI=1S/C10H16/c1-4-8-10(3,5-2)9-6-7-9/h4-5,9H,1-2,6-8H2,3H3. The van der Waals surface area contributed by atoms with Gasteiger partial charge in [0.1, 0.15) is 0 Å². The van der Waals surface area contributed by atoms with Gasteiger partial charge in [0.25, 0.3) is 0 Å². The zero-order valence-corrected chi connectivity index (χ0v) is 6.77. The molecule has 0 bridgehead atoms. The second-order valence-electron chi connectivity index (χ2n) is 3.48. The minimum Gasteiger partial charge on any atom is -0.103 e. The van der Waals surface area contributed by atoms with E-state index in [0.29, 0.717) is 5.41 Å². The molecule has 0 heterocycles. The Morgan fingerprint density at radius 2 is 2.10 bits per heavy atom. The first-order valence-electron chi connectivity index (χ1n) is 3.97. The third-order valence-electron chi connectivity index (χ3n) is 2.56. The molecule has 1 aliphatic carbocycles. The summed E-state index contributed by atoms with van der Waals surface area (Å²) in [6.45, 7) is 9.90. The second kappa shape index (κ2) is 2.61. The largest absolute Gasteiger partial charge is 0.103 e. The zero-order valence-electron chi connectivity index (χ0n) is 6.77. The molecule has 0 heteroatoms. The van der Waals surface area contributed by atoms with Gasteiger partial charge < -0.3 is 0 Å². The van der Waals surface area contributed by atoms with Gasteiger partial charge >= 0.3 is 0 Å². The summed E-state index contributed by atoms with van der Waals surface area (Å²) in [7, 11) is 0. The van der Waals surface area contributed by atoms with Crippen LogP contribution in [0.3, 0.4) is 0 Å². The highest BCUT2D eigenvalue weighted by Crippen LogP contribution is 2.48. The average molecular weight is 136 g/mol. The Morgan fingerprint density at radius 3 is 2.40 bits per heavy atom. The SMILES string of the molecule is C=CCC(C)(C=C)C1CC1. The van der Waals surface area contributed by atoms with Crippen molar-refractivity contribution < 1.29 is 0 Å². The van der Waals surface area contributed by atoms with Crippen LogP contribution >= 0.6 is 0 Å². The lowest BCUT2D eigenvalue weighted by molar-refractivity contribution is 0.372.